The van der Waals surface area contributed by atoms with E-state index in [1.165, 1.54) is 10.9 Å². The van der Waals surface area contributed by atoms with E-state index in [0.29, 0.717) is 7.18 Å². The van der Waals surface area contributed by atoms with Gasteiger partial charge in [0.05, 0.1) is 7.18 Å². The third kappa shape index (κ3) is 2.93. The van der Waals surface area contributed by atoms with Gasteiger partial charge in [0.15, 0.2) is 0 Å². The van der Waals surface area contributed by atoms with Gasteiger partial charge in [-0.2, -0.15) is 0 Å². The molecule has 1 aromatic rings. The van der Waals surface area contributed by atoms with E-state index in [9.17, 15) is 4.39 Å². The van der Waals surface area contributed by atoms with Crippen LogP contribution in [0.5, 0.6) is 0 Å². The minimum Gasteiger partial charge on any atom is -0.255 e. The highest BCUT2D eigenvalue weighted by Crippen LogP contribution is 1.96. The molecule has 1 rings (SSSR count). The first kappa shape index (κ1) is 9.58. The molecule has 0 N–H and O–H groups in total. The Morgan fingerprint density at radius 2 is 1.70 bits per heavy atom. The Labute approximate surface area is 63.7 Å². The van der Waals surface area contributed by atoms with Crippen LogP contribution >= 0.6 is 9.24 Å². The molecule has 0 saturated carbocycles. The van der Waals surface area contributed by atoms with Gasteiger partial charge in [-0.1, -0.05) is 24.3 Å². The molecule has 1 aromatic carbocycles. The van der Waals surface area contributed by atoms with Crippen molar-refractivity contribution >= 4 is 14.5 Å². The summed E-state index contributed by atoms with van der Waals surface area (Å²) in [6, 6.07) is 8.26. The summed E-state index contributed by atoms with van der Waals surface area (Å²) < 4.78 is 9.50. The molecule has 0 aliphatic heterocycles. The van der Waals surface area contributed by atoms with E-state index in [-0.39, 0.29) is 0 Å². The van der Waals surface area contributed by atoms with Crippen LogP contribution in [0.4, 0.5) is 4.39 Å². The van der Waals surface area contributed by atoms with E-state index >= 15 is 0 Å². The van der Waals surface area contributed by atoms with Crippen LogP contribution in [0.1, 0.15) is 5.56 Å². The van der Waals surface area contributed by atoms with Gasteiger partial charge < -0.3 is 0 Å². The van der Waals surface area contributed by atoms with Crippen molar-refractivity contribution in [3.63, 3.8) is 0 Å². The number of benzene rings is 1. The molecule has 0 aliphatic carbocycles. The summed E-state index contributed by atoms with van der Waals surface area (Å²) in [5, 5.41) is 1.28. The summed E-state index contributed by atoms with van der Waals surface area (Å²) in [4.78, 5) is 0. The lowest BCUT2D eigenvalue weighted by molar-refractivity contribution is 0.636. The summed E-state index contributed by atoms with van der Waals surface area (Å²) in [5.74, 6) is 0. The van der Waals surface area contributed by atoms with Crippen molar-refractivity contribution in [3.05, 3.63) is 29.8 Å². The lowest BCUT2D eigenvalue weighted by atomic mass is 10.2. The van der Waals surface area contributed by atoms with Crippen molar-refractivity contribution in [2.75, 3.05) is 7.18 Å². The van der Waals surface area contributed by atoms with E-state index in [4.69, 9.17) is 0 Å². The Morgan fingerprint density at radius 3 is 2.00 bits per heavy atom. The molecule has 2 heteroatoms. The third-order valence-corrected chi connectivity index (χ3v) is 1.84. The largest absolute Gasteiger partial charge is 0.255 e. The first-order valence-corrected chi connectivity index (χ1v) is 3.57. The first-order chi connectivity index (χ1) is 4.80. The summed E-state index contributed by atoms with van der Waals surface area (Å²) in [6.45, 7) is 2.10. The monoisotopic (exact) mass is 158 g/mol. The van der Waals surface area contributed by atoms with E-state index in [1.54, 1.807) is 0 Å². The van der Waals surface area contributed by atoms with Gasteiger partial charge in [-0.15, -0.1) is 9.24 Å². The SMILES string of the molecule is CF.Cc1ccccc1P. The maximum absolute atomic E-state index is 9.50. The highest BCUT2D eigenvalue weighted by molar-refractivity contribution is 7.27. The zero-order chi connectivity index (χ0) is 7.98. The topological polar surface area (TPSA) is 0 Å². The molecule has 0 bridgehead atoms. The standard InChI is InChI=1S/C7H9P.CH3F/c1-6-4-2-3-5-7(6)8;1-2/h2-5H,8H2,1H3;1H3. The van der Waals surface area contributed by atoms with Crippen molar-refractivity contribution in [3.8, 4) is 0 Å². The van der Waals surface area contributed by atoms with Gasteiger partial charge in [0.1, 0.15) is 0 Å². The summed E-state index contributed by atoms with van der Waals surface area (Å²) in [6.07, 6.45) is 0. The normalized spacial score (nSPS) is 8.00. The van der Waals surface area contributed by atoms with Gasteiger partial charge in [-0.25, -0.2) is 0 Å². The van der Waals surface area contributed by atoms with Crippen LogP contribution in [-0.2, 0) is 0 Å². The molecule has 0 fully saturated rings. The van der Waals surface area contributed by atoms with Crippen LogP contribution < -0.4 is 5.30 Å². The van der Waals surface area contributed by atoms with E-state index < -0.39 is 0 Å². The van der Waals surface area contributed by atoms with Crippen molar-refractivity contribution in [1.82, 2.24) is 0 Å². The Morgan fingerprint density at radius 1 is 1.20 bits per heavy atom. The van der Waals surface area contributed by atoms with E-state index in [2.05, 4.69) is 28.3 Å². The molecule has 56 valence electrons. The molecule has 1 atom stereocenters. The Hall–Kier alpha value is -0.420. The van der Waals surface area contributed by atoms with Crippen LogP contribution in [0.25, 0.3) is 0 Å². The lowest BCUT2D eigenvalue weighted by Crippen LogP contribution is -1.92. The number of hydrogen-bond donors (Lipinski definition) is 0. The first-order valence-electron chi connectivity index (χ1n) is 2.99. The fourth-order valence-corrected chi connectivity index (χ4v) is 0.794. The van der Waals surface area contributed by atoms with Crippen molar-refractivity contribution < 1.29 is 4.39 Å². The highest BCUT2D eigenvalue weighted by atomic mass is 31.0. The summed E-state index contributed by atoms with van der Waals surface area (Å²) in [5.41, 5.74) is 1.33. The number of rotatable bonds is 0. The Kier molecular flexibility index (Phi) is 5.15. The van der Waals surface area contributed by atoms with Crippen LogP contribution in [-0.4, -0.2) is 7.18 Å². The van der Waals surface area contributed by atoms with Crippen LogP contribution in [0.15, 0.2) is 24.3 Å². The summed E-state index contributed by atoms with van der Waals surface area (Å²) in [7, 11) is 3.19. The van der Waals surface area contributed by atoms with Crippen molar-refractivity contribution in [1.29, 1.82) is 0 Å². The fourth-order valence-electron chi connectivity index (χ4n) is 0.587. The molecule has 0 spiro atoms. The molecule has 0 aliphatic rings. The number of alkyl halides is 1. The average molecular weight is 158 g/mol. The maximum atomic E-state index is 9.50. The van der Waals surface area contributed by atoms with Gasteiger partial charge in [0.25, 0.3) is 0 Å². The lowest BCUT2D eigenvalue weighted by Gasteiger charge is -1.93. The molecule has 0 aromatic heterocycles. The Bertz CT molecular complexity index is 165. The van der Waals surface area contributed by atoms with Crippen LogP contribution in [0.3, 0.4) is 0 Å². The zero-order valence-corrected chi connectivity index (χ0v) is 7.42. The number of aryl methyl sites for hydroxylation is 1. The number of halogens is 1. The van der Waals surface area contributed by atoms with E-state index in [0.717, 1.165) is 0 Å². The number of hydrogen-bond acceptors (Lipinski definition) is 0. The van der Waals surface area contributed by atoms with Gasteiger partial charge >= 0.3 is 0 Å². The van der Waals surface area contributed by atoms with Gasteiger partial charge in [0, 0.05) is 0 Å². The Balaban J connectivity index is 0.000000371. The van der Waals surface area contributed by atoms with Gasteiger partial charge in [-0.05, 0) is 17.8 Å². The minimum absolute atomic E-state index is 0.500. The predicted octanol–water partition coefficient (Wildman–Crippen LogP) is 2.08. The maximum Gasteiger partial charge on any atom is 0.0785 e. The molecule has 1 unspecified atom stereocenters. The van der Waals surface area contributed by atoms with Gasteiger partial charge in [-0.3, -0.25) is 4.39 Å². The smallest absolute Gasteiger partial charge is 0.0785 e. The third-order valence-electron chi connectivity index (χ3n) is 1.19. The highest BCUT2D eigenvalue weighted by Gasteiger charge is 1.84. The van der Waals surface area contributed by atoms with Gasteiger partial charge in [0.2, 0.25) is 0 Å². The van der Waals surface area contributed by atoms with Crippen LogP contribution in [0, 0.1) is 6.92 Å². The molecular weight excluding hydrogens is 146 g/mol. The van der Waals surface area contributed by atoms with E-state index in [1.807, 2.05) is 12.1 Å². The molecule has 0 saturated heterocycles. The average Bonchev–Trinajstić information content (AvgIpc) is 2.00. The summed E-state index contributed by atoms with van der Waals surface area (Å²) >= 11 is 0. The van der Waals surface area contributed by atoms with Crippen LogP contribution in [0.2, 0.25) is 0 Å². The van der Waals surface area contributed by atoms with Crippen molar-refractivity contribution in [2.45, 2.75) is 6.92 Å². The second-order valence-electron chi connectivity index (χ2n) is 1.86. The molecule has 10 heavy (non-hydrogen) atoms. The molecular formula is C8H12FP. The molecule has 0 amide bonds. The van der Waals surface area contributed by atoms with Crippen molar-refractivity contribution in [2.24, 2.45) is 0 Å². The zero-order valence-electron chi connectivity index (χ0n) is 6.26. The minimum atomic E-state index is 0.500. The second kappa shape index (κ2) is 5.37. The predicted molar refractivity (Wildman–Crippen MR) is 47.6 cm³/mol. The molecule has 0 radical (unpaired) electrons. The quantitative estimate of drug-likeness (QED) is 0.507. The molecule has 0 heterocycles. The second-order valence-corrected chi connectivity index (χ2v) is 2.48. The fraction of sp³-hybridized carbons (Fsp3) is 0.250. The molecule has 0 nitrogen and oxygen atoms in total.